The summed E-state index contributed by atoms with van der Waals surface area (Å²) < 4.78 is 6.20. The second-order valence-corrected chi connectivity index (χ2v) is 8.85. The van der Waals surface area contributed by atoms with E-state index >= 15 is 0 Å². The summed E-state index contributed by atoms with van der Waals surface area (Å²) >= 11 is 2.10. The van der Waals surface area contributed by atoms with Crippen molar-refractivity contribution in [3.8, 4) is 0 Å². The lowest BCUT2D eigenvalue weighted by Gasteiger charge is -2.43. The van der Waals surface area contributed by atoms with Gasteiger partial charge < -0.3 is 15.0 Å². The van der Waals surface area contributed by atoms with Crippen LogP contribution < -0.4 is 5.32 Å². The molecule has 0 amide bonds. The lowest BCUT2D eigenvalue weighted by molar-refractivity contribution is -0.0933. The summed E-state index contributed by atoms with van der Waals surface area (Å²) in [5, 5.41) is 3.90. The lowest BCUT2D eigenvalue weighted by Crippen LogP contribution is -2.49. The first-order chi connectivity index (χ1) is 10.3. The molecule has 1 saturated carbocycles. The van der Waals surface area contributed by atoms with Crippen LogP contribution in [0.2, 0.25) is 0 Å². The molecule has 4 heteroatoms. The maximum absolute atomic E-state index is 6.20. The molecule has 2 atom stereocenters. The largest absolute Gasteiger partial charge is 0.375 e. The van der Waals surface area contributed by atoms with Crippen LogP contribution in [0.25, 0.3) is 0 Å². The van der Waals surface area contributed by atoms with Gasteiger partial charge in [-0.05, 0) is 75.5 Å². The normalized spacial score (nSPS) is 37.1. The summed E-state index contributed by atoms with van der Waals surface area (Å²) in [6, 6.07) is 1.66. The average molecular weight is 311 g/mol. The van der Waals surface area contributed by atoms with Crippen molar-refractivity contribution in [1.82, 2.24) is 10.2 Å². The summed E-state index contributed by atoms with van der Waals surface area (Å²) in [4.78, 5) is 2.73. The van der Waals surface area contributed by atoms with Crippen LogP contribution in [0, 0.1) is 5.92 Å². The molecule has 3 saturated heterocycles. The third kappa shape index (κ3) is 3.60. The Morgan fingerprint density at radius 3 is 2.81 bits per heavy atom. The number of nitrogens with one attached hydrogen (secondary N) is 1. The predicted molar refractivity (Wildman–Crippen MR) is 89.0 cm³/mol. The molecule has 4 rings (SSSR count). The molecule has 0 radical (unpaired) electrons. The first-order valence-electron chi connectivity index (χ1n) is 9.02. The molecule has 0 aromatic rings. The molecule has 4 aliphatic rings. The molecule has 0 aromatic carbocycles. The van der Waals surface area contributed by atoms with Gasteiger partial charge in [-0.15, -0.1) is 0 Å². The zero-order chi connectivity index (χ0) is 14.1. The van der Waals surface area contributed by atoms with Crippen LogP contribution in [0.5, 0.6) is 0 Å². The highest BCUT2D eigenvalue weighted by Gasteiger charge is 2.39. The van der Waals surface area contributed by atoms with Crippen molar-refractivity contribution in [2.45, 2.75) is 62.6 Å². The molecule has 0 aromatic heterocycles. The Labute approximate surface area is 133 Å². The van der Waals surface area contributed by atoms with Gasteiger partial charge in [0.1, 0.15) is 0 Å². The minimum Gasteiger partial charge on any atom is -0.375 e. The van der Waals surface area contributed by atoms with E-state index < -0.39 is 0 Å². The highest BCUT2D eigenvalue weighted by molar-refractivity contribution is 7.99. The third-order valence-electron chi connectivity index (χ3n) is 5.97. The summed E-state index contributed by atoms with van der Waals surface area (Å²) in [5.74, 6) is 3.49. The van der Waals surface area contributed by atoms with Crippen LogP contribution in [-0.2, 0) is 4.74 Å². The van der Waals surface area contributed by atoms with E-state index in [1.54, 1.807) is 0 Å². The van der Waals surface area contributed by atoms with Crippen LogP contribution in [-0.4, -0.2) is 60.3 Å². The molecule has 4 fully saturated rings. The van der Waals surface area contributed by atoms with Crippen molar-refractivity contribution in [2.24, 2.45) is 5.92 Å². The van der Waals surface area contributed by atoms with Gasteiger partial charge in [-0.1, -0.05) is 0 Å². The molecule has 3 nitrogen and oxygen atoms in total. The van der Waals surface area contributed by atoms with Crippen LogP contribution >= 0.6 is 11.8 Å². The van der Waals surface area contributed by atoms with E-state index in [1.165, 1.54) is 76.1 Å². The lowest BCUT2D eigenvalue weighted by atomic mass is 9.85. The highest BCUT2D eigenvalue weighted by Crippen LogP contribution is 2.37. The van der Waals surface area contributed by atoms with Crippen LogP contribution in [0.15, 0.2) is 0 Å². The fourth-order valence-electron chi connectivity index (χ4n) is 4.43. The van der Waals surface area contributed by atoms with Crippen LogP contribution in [0.1, 0.15) is 44.9 Å². The first kappa shape index (κ1) is 14.8. The second-order valence-electron chi connectivity index (χ2n) is 7.62. The maximum atomic E-state index is 6.20. The smallest absolute Gasteiger partial charge is 0.0713 e. The molecule has 3 heterocycles. The fourth-order valence-corrected chi connectivity index (χ4v) is 5.66. The highest BCUT2D eigenvalue weighted by atomic mass is 32.2. The topological polar surface area (TPSA) is 24.5 Å². The van der Waals surface area contributed by atoms with Gasteiger partial charge in [0.2, 0.25) is 0 Å². The number of nitrogens with zero attached hydrogens (tertiary/aromatic N) is 1. The minimum absolute atomic E-state index is 0.233. The Hall–Kier alpha value is 0.230. The standard InChI is InChI=1S/C17H30N2OS/c1-2-16(1)19-7-3-14(13-19)12-18-15-4-8-20-17(11-15)5-9-21-10-6-17/h14-16,18H,1-13H2. The molecule has 1 N–H and O–H groups in total. The zero-order valence-electron chi connectivity index (χ0n) is 13.2. The number of likely N-dealkylation sites (tertiary alicyclic amines) is 1. The average Bonchev–Trinajstić information content (AvgIpc) is 3.25. The van der Waals surface area contributed by atoms with Crippen molar-refractivity contribution < 1.29 is 4.74 Å². The van der Waals surface area contributed by atoms with Gasteiger partial charge in [-0.25, -0.2) is 0 Å². The molecule has 0 bridgehead atoms. The Bertz CT molecular complexity index is 349. The summed E-state index contributed by atoms with van der Waals surface area (Å²) in [6.07, 6.45) is 9.35. The second kappa shape index (κ2) is 6.38. The molecule has 3 aliphatic heterocycles. The molecular weight excluding hydrogens is 280 g/mol. The van der Waals surface area contributed by atoms with Gasteiger partial charge in [0.05, 0.1) is 5.60 Å². The minimum atomic E-state index is 0.233. The fraction of sp³-hybridized carbons (Fsp3) is 1.00. The van der Waals surface area contributed by atoms with E-state index in [9.17, 15) is 0 Å². The van der Waals surface area contributed by atoms with E-state index in [0.29, 0.717) is 6.04 Å². The van der Waals surface area contributed by atoms with E-state index in [-0.39, 0.29) is 5.60 Å². The van der Waals surface area contributed by atoms with Gasteiger partial charge in [-0.3, -0.25) is 0 Å². The van der Waals surface area contributed by atoms with Gasteiger partial charge in [0.25, 0.3) is 0 Å². The molecule has 21 heavy (non-hydrogen) atoms. The van der Waals surface area contributed by atoms with Crippen molar-refractivity contribution in [3.05, 3.63) is 0 Å². The van der Waals surface area contributed by atoms with Gasteiger partial charge in [-0.2, -0.15) is 11.8 Å². The van der Waals surface area contributed by atoms with E-state index in [0.717, 1.165) is 18.6 Å². The van der Waals surface area contributed by atoms with Crippen molar-refractivity contribution in [3.63, 3.8) is 0 Å². The van der Waals surface area contributed by atoms with Crippen molar-refractivity contribution in [1.29, 1.82) is 0 Å². The third-order valence-corrected chi connectivity index (χ3v) is 6.96. The first-order valence-corrected chi connectivity index (χ1v) is 10.2. The quantitative estimate of drug-likeness (QED) is 0.862. The maximum Gasteiger partial charge on any atom is 0.0713 e. The summed E-state index contributed by atoms with van der Waals surface area (Å²) in [5.41, 5.74) is 0.233. The van der Waals surface area contributed by atoms with Crippen molar-refractivity contribution in [2.75, 3.05) is 37.7 Å². The molecule has 2 unspecified atom stereocenters. The van der Waals surface area contributed by atoms with Gasteiger partial charge >= 0.3 is 0 Å². The number of thioether (sulfide) groups is 1. The molecule has 1 aliphatic carbocycles. The monoisotopic (exact) mass is 310 g/mol. The van der Waals surface area contributed by atoms with E-state index in [2.05, 4.69) is 22.0 Å². The number of hydrogen-bond donors (Lipinski definition) is 1. The summed E-state index contributed by atoms with van der Waals surface area (Å²) in [7, 11) is 0. The summed E-state index contributed by atoms with van der Waals surface area (Å²) in [6.45, 7) is 4.91. The van der Waals surface area contributed by atoms with Gasteiger partial charge in [0.15, 0.2) is 0 Å². The zero-order valence-corrected chi connectivity index (χ0v) is 14.0. The number of hydrogen-bond acceptors (Lipinski definition) is 4. The number of rotatable bonds is 4. The van der Waals surface area contributed by atoms with Crippen molar-refractivity contribution >= 4 is 11.8 Å². The Kier molecular flexibility index (Phi) is 4.50. The Morgan fingerprint density at radius 1 is 1.14 bits per heavy atom. The van der Waals surface area contributed by atoms with Crippen LogP contribution in [0.4, 0.5) is 0 Å². The Balaban J connectivity index is 1.23. The van der Waals surface area contributed by atoms with Crippen LogP contribution in [0.3, 0.4) is 0 Å². The van der Waals surface area contributed by atoms with E-state index in [4.69, 9.17) is 4.74 Å². The number of ether oxygens (including phenoxy) is 1. The van der Waals surface area contributed by atoms with Gasteiger partial charge in [0, 0.05) is 25.2 Å². The molecular formula is C17H30N2OS. The SMILES string of the molecule is C1CC(NCC2CCN(C3CC3)C2)CC2(CCSCC2)O1. The molecule has 120 valence electrons. The Morgan fingerprint density at radius 2 is 2.00 bits per heavy atom. The molecule has 1 spiro atoms. The predicted octanol–water partition coefficient (Wildman–Crippen LogP) is 2.51. The van der Waals surface area contributed by atoms with E-state index in [1.807, 2.05) is 0 Å².